The highest BCUT2D eigenvalue weighted by molar-refractivity contribution is 5.78. The quantitative estimate of drug-likeness (QED) is 0.616. The molecule has 1 aromatic heterocycles. The molecule has 1 atom stereocenters. The van der Waals surface area contributed by atoms with Crippen molar-refractivity contribution in [3.05, 3.63) is 98.3 Å². The lowest BCUT2D eigenvalue weighted by Crippen LogP contribution is -2.41. The maximum atomic E-state index is 12.7. The van der Waals surface area contributed by atoms with Gasteiger partial charge in [-0.25, -0.2) is 0 Å². The Kier molecular flexibility index (Phi) is 5.40. The SMILES string of the molecule is Cc1cccc(-n2ccn(CC3CC(=O)N(Cc4ccccc4)C3)c(=O)c2=O)c1C. The van der Waals surface area contributed by atoms with Crippen LogP contribution in [-0.4, -0.2) is 26.5 Å². The Hall–Kier alpha value is -3.41. The van der Waals surface area contributed by atoms with E-state index in [2.05, 4.69) is 0 Å². The molecule has 154 valence electrons. The first-order valence-electron chi connectivity index (χ1n) is 10.1. The van der Waals surface area contributed by atoms with Crippen molar-refractivity contribution in [3.63, 3.8) is 0 Å². The number of benzene rings is 2. The van der Waals surface area contributed by atoms with Gasteiger partial charge in [0.05, 0.1) is 5.69 Å². The maximum absolute atomic E-state index is 12.7. The highest BCUT2D eigenvalue weighted by atomic mass is 16.2. The van der Waals surface area contributed by atoms with Gasteiger partial charge in [-0.2, -0.15) is 0 Å². The summed E-state index contributed by atoms with van der Waals surface area (Å²) in [6, 6.07) is 15.5. The number of aryl methyl sites for hydroxylation is 1. The molecule has 30 heavy (non-hydrogen) atoms. The van der Waals surface area contributed by atoms with Crippen molar-refractivity contribution in [1.82, 2.24) is 14.0 Å². The van der Waals surface area contributed by atoms with Crippen LogP contribution >= 0.6 is 0 Å². The Bertz CT molecular complexity index is 1190. The number of hydrogen-bond donors (Lipinski definition) is 0. The average molecular weight is 403 g/mol. The molecule has 1 aliphatic rings. The van der Waals surface area contributed by atoms with E-state index in [0.717, 1.165) is 16.7 Å². The first kappa shape index (κ1) is 19.9. The van der Waals surface area contributed by atoms with Gasteiger partial charge in [-0.3, -0.25) is 19.0 Å². The fourth-order valence-corrected chi connectivity index (χ4v) is 4.05. The van der Waals surface area contributed by atoms with Gasteiger partial charge in [0.2, 0.25) is 5.91 Å². The van der Waals surface area contributed by atoms with Gasteiger partial charge in [-0.05, 0) is 36.6 Å². The summed E-state index contributed by atoms with van der Waals surface area (Å²) in [5.41, 5.74) is 2.69. The molecule has 3 aromatic rings. The van der Waals surface area contributed by atoms with Crippen LogP contribution in [0, 0.1) is 19.8 Å². The Balaban J connectivity index is 1.53. The summed E-state index contributed by atoms with van der Waals surface area (Å²) >= 11 is 0. The van der Waals surface area contributed by atoms with E-state index in [0.29, 0.717) is 31.7 Å². The summed E-state index contributed by atoms with van der Waals surface area (Å²) in [4.78, 5) is 39.7. The maximum Gasteiger partial charge on any atom is 0.320 e. The number of likely N-dealkylation sites (tertiary alicyclic amines) is 1. The molecule has 0 bridgehead atoms. The molecule has 2 heterocycles. The largest absolute Gasteiger partial charge is 0.338 e. The van der Waals surface area contributed by atoms with E-state index < -0.39 is 11.1 Å². The highest BCUT2D eigenvalue weighted by Gasteiger charge is 2.30. The van der Waals surface area contributed by atoms with Crippen LogP contribution in [0.5, 0.6) is 0 Å². The summed E-state index contributed by atoms with van der Waals surface area (Å²) in [6.07, 6.45) is 3.68. The molecular weight excluding hydrogens is 378 g/mol. The summed E-state index contributed by atoms with van der Waals surface area (Å²) in [6.45, 7) is 5.43. The second-order valence-electron chi connectivity index (χ2n) is 7.98. The average Bonchev–Trinajstić information content (AvgIpc) is 3.08. The molecule has 1 amide bonds. The molecular formula is C24H25N3O3. The number of aromatic nitrogens is 2. The van der Waals surface area contributed by atoms with Gasteiger partial charge >= 0.3 is 11.1 Å². The Morgan fingerprint density at radius 1 is 0.900 bits per heavy atom. The number of hydrogen-bond acceptors (Lipinski definition) is 3. The molecule has 1 fully saturated rings. The summed E-state index contributed by atoms with van der Waals surface area (Å²) in [5, 5.41) is 0. The minimum atomic E-state index is -0.573. The molecule has 4 rings (SSSR count). The standard InChI is InChI=1S/C24H25N3O3/c1-17-7-6-10-21(18(17)2)27-12-11-25(23(29)24(27)30)15-20-13-22(28)26(16-20)14-19-8-4-3-5-9-19/h3-12,20H,13-16H2,1-2H3. The third kappa shape index (κ3) is 3.85. The van der Waals surface area contributed by atoms with Gasteiger partial charge in [0.15, 0.2) is 0 Å². The van der Waals surface area contributed by atoms with Crippen LogP contribution in [0.25, 0.3) is 5.69 Å². The van der Waals surface area contributed by atoms with Gasteiger partial charge < -0.3 is 9.47 Å². The topological polar surface area (TPSA) is 64.3 Å². The molecule has 1 unspecified atom stereocenters. The van der Waals surface area contributed by atoms with Gasteiger partial charge in [0, 0.05) is 44.4 Å². The summed E-state index contributed by atoms with van der Waals surface area (Å²) < 4.78 is 2.84. The highest BCUT2D eigenvalue weighted by Crippen LogP contribution is 2.21. The number of carbonyl (C=O) groups excluding carboxylic acids is 1. The van der Waals surface area contributed by atoms with E-state index in [4.69, 9.17) is 0 Å². The Morgan fingerprint density at radius 2 is 1.67 bits per heavy atom. The molecule has 2 aromatic carbocycles. The van der Waals surface area contributed by atoms with Crippen LogP contribution in [0.3, 0.4) is 0 Å². The predicted octanol–water partition coefficient (Wildman–Crippen LogP) is 2.66. The number of amides is 1. The fourth-order valence-electron chi connectivity index (χ4n) is 4.05. The molecule has 0 spiro atoms. The molecule has 0 aliphatic carbocycles. The first-order valence-corrected chi connectivity index (χ1v) is 10.1. The van der Waals surface area contributed by atoms with Gasteiger partial charge in [-0.15, -0.1) is 0 Å². The van der Waals surface area contributed by atoms with Crippen LogP contribution in [-0.2, 0) is 17.9 Å². The smallest absolute Gasteiger partial charge is 0.320 e. The van der Waals surface area contributed by atoms with Crippen molar-refractivity contribution in [2.45, 2.75) is 33.4 Å². The van der Waals surface area contributed by atoms with E-state index in [1.165, 1.54) is 9.13 Å². The van der Waals surface area contributed by atoms with Crippen LogP contribution in [0.15, 0.2) is 70.5 Å². The Morgan fingerprint density at radius 3 is 2.43 bits per heavy atom. The van der Waals surface area contributed by atoms with Gasteiger partial charge in [-0.1, -0.05) is 42.5 Å². The number of nitrogens with zero attached hydrogens (tertiary/aromatic N) is 3. The molecule has 6 heteroatoms. The van der Waals surface area contributed by atoms with Crippen molar-refractivity contribution in [3.8, 4) is 5.69 Å². The lowest BCUT2D eigenvalue weighted by atomic mass is 10.1. The zero-order valence-electron chi connectivity index (χ0n) is 17.2. The Labute approximate surface area is 175 Å². The van der Waals surface area contributed by atoms with E-state index in [1.54, 1.807) is 12.4 Å². The molecule has 1 aliphatic heterocycles. The van der Waals surface area contributed by atoms with Crippen LogP contribution in [0.1, 0.15) is 23.1 Å². The van der Waals surface area contributed by atoms with E-state index in [1.807, 2.05) is 67.3 Å². The zero-order valence-corrected chi connectivity index (χ0v) is 17.2. The van der Waals surface area contributed by atoms with Crippen molar-refractivity contribution in [2.75, 3.05) is 6.54 Å². The molecule has 6 nitrogen and oxygen atoms in total. The van der Waals surface area contributed by atoms with Crippen LogP contribution in [0.4, 0.5) is 0 Å². The van der Waals surface area contributed by atoms with Crippen molar-refractivity contribution in [2.24, 2.45) is 5.92 Å². The second kappa shape index (κ2) is 8.14. The van der Waals surface area contributed by atoms with Crippen LogP contribution < -0.4 is 11.1 Å². The number of carbonyl (C=O) groups is 1. The zero-order chi connectivity index (χ0) is 21.3. The second-order valence-corrected chi connectivity index (χ2v) is 7.98. The van der Waals surface area contributed by atoms with E-state index >= 15 is 0 Å². The van der Waals surface area contributed by atoms with Crippen molar-refractivity contribution >= 4 is 5.91 Å². The summed E-state index contributed by atoms with van der Waals surface area (Å²) in [7, 11) is 0. The van der Waals surface area contributed by atoms with Gasteiger partial charge in [0.1, 0.15) is 0 Å². The van der Waals surface area contributed by atoms with E-state index in [9.17, 15) is 14.4 Å². The van der Waals surface area contributed by atoms with Crippen molar-refractivity contribution < 1.29 is 4.79 Å². The fraction of sp³-hybridized carbons (Fsp3) is 0.292. The minimum absolute atomic E-state index is 0.00914. The first-order chi connectivity index (χ1) is 14.4. The summed E-state index contributed by atoms with van der Waals surface area (Å²) in [5.74, 6) is 0.0931. The predicted molar refractivity (Wildman–Crippen MR) is 116 cm³/mol. The molecule has 0 radical (unpaired) electrons. The molecule has 0 N–H and O–H groups in total. The minimum Gasteiger partial charge on any atom is -0.338 e. The molecule has 0 saturated carbocycles. The van der Waals surface area contributed by atoms with E-state index in [-0.39, 0.29) is 11.8 Å². The third-order valence-electron chi connectivity index (χ3n) is 5.86. The monoisotopic (exact) mass is 403 g/mol. The normalized spacial score (nSPS) is 16.3. The lowest BCUT2D eigenvalue weighted by molar-refractivity contribution is -0.128. The van der Waals surface area contributed by atoms with Gasteiger partial charge in [0.25, 0.3) is 0 Å². The number of rotatable bonds is 5. The lowest BCUT2D eigenvalue weighted by Gasteiger charge is -2.17. The van der Waals surface area contributed by atoms with Crippen molar-refractivity contribution in [1.29, 1.82) is 0 Å². The van der Waals surface area contributed by atoms with Crippen LogP contribution in [0.2, 0.25) is 0 Å². The third-order valence-corrected chi connectivity index (χ3v) is 5.86. The molecule has 1 saturated heterocycles.